The molecule has 0 amide bonds. The molecule has 2 aliphatic rings. The number of rotatable bonds is 6. The highest BCUT2D eigenvalue weighted by molar-refractivity contribution is 5.86. The lowest BCUT2D eigenvalue weighted by Crippen LogP contribution is -2.34. The number of hydrogen-bond donors (Lipinski definition) is 0. The Kier molecular flexibility index (Phi) is 8.52. The van der Waals surface area contributed by atoms with E-state index < -0.39 is 40.9 Å². The topological polar surface area (TPSA) is 18.5 Å². The zero-order valence-electron chi connectivity index (χ0n) is 20.2. The fourth-order valence-electron chi connectivity index (χ4n) is 5.43. The van der Waals surface area contributed by atoms with E-state index in [1.54, 1.807) is 0 Å². The van der Waals surface area contributed by atoms with Crippen LogP contribution in [0.2, 0.25) is 0 Å². The van der Waals surface area contributed by atoms with E-state index in [1.807, 2.05) is 0 Å². The van der Waals surface area contributed by atoms with Gasteiger partial charge in [-0.05, 0) is 48.3 Å². The largest absolute Gasteiger partial charge is 0.458 e. The van der Waals surface area contributed by atoms with Gasteiger partial charge in [0, 0.05) is 17.4 Å². The lowest BCUT2D eigenvalue weighted by molar-refractivity contribution is -0.214. The number of unbranched alkanes of at least 4 members (excludes halogenated alkanes) is 2. The molecule has 1 heterocycles. The summed E-state index contributed by atoms with van der Waals surface area (Å²) in [5, 5.41) is -0.774. The average Bonchev–Trinajstić information content (AvgIpc) is 2.83. The van der Waals surface area contributed by atoms with Crippen LogP contribution >= 0.6 is 0 Å². The lowest BCUT2D eigenvalue weighted by atomic mass is 9.74. The first-order valence-electron chi connectivity index (χ1n) is 12.6. The molecule has 0 radical (unpaired) electrons. The Morgan fingerprint density at radius 3 is 2.22 bits per heavy atom. The van der Waals surface area contributed by atoms with E-state index in [9.17, 15) is 26.3 Å². The number of hydrogen-bond acceptors (Lipinski definition) is 2. The molecule has 2 nitrogen and oxygen atoms in total. The SMILES string of the molecule is CCCCCC1CCC(C2COC(c3cc(F)c4c(F)c(C#CC(F)(F)F)c(F)cc4c3)OC2)CC1. The molecule has 2 aromatic carbocycles. The molecular weight excluding hydrogens is 482 g/mol. The third-order valence-electron chi connectivity index (χ3n) is 7.40. The highest BCUT2D eigenvalue weighted by Gasteiger charge is 2.33. The van der Waals surface area contributed by atoms with E-state index in [-0.39, 0.29) is 16.9 Å². The predicted octanol–water partition coefficient (Wildman–Crippen LogP) is 8.22. The van der Waals surface area contributed by atoms with Gasteiger partial charge in [-0.3, -0.25) is 0 Å². The van der Waals surface area contributed by atoms with Crippen LogP contribution in [0.5, 0.6) is 0 Å². The second-order valence-electron chi connectivity index (χ2n) is 9.93. The van der Waals surface area contributed by atoms with Crippen molar-refractivity contribution >= 4 is 10.8 Å². The number of halogens is 6. The molecule has 0 atom stereocenters. The summed E-state index contributed by atoms with van der Waals surface area (Å²) in [7, 11) is 0. The second-order valence-corrected chi connectivity index (χ2v) is 9.93. The minimum atomic E-state index is -4.93. The van der Waals surface area contributed by atoms with Crippen molar-refractivity contribution in [2.45, 2.75) is 70.8 Å². The monoisotopic (exact) mass is 512 g/mol. The van der Waals surface area contributed by atoms with Crippen LogP contribution in [0.15, 0.2) is 18.2 Å². The molecule has 4 rings (SSSR count). The summed E-state index contributed by atoms with van der Waals surface area (Å²) < 4.78 is 92.7. The summed E-state index contributed by atoms with van der Waals surface area (Å²) >= 11 is 0. The smallest absolute Gasteiger partial charge is 0.348 e. The summed E-state index contributed by atoms with van der Waals surface area (Å²) in [6.07, 6.45) is 4.01. The molecule has 1 aliphatic heterocycles. The zero-order valence-corrected chi connectivity index (χ0v) is 20.2. The first-order chi connectivity index (χ1) is 17.2. The molecule has 2 aromatic rings. The zero-order chi connectivity index (χ0) is 25.9. The minimum absolute atomic E-state index is 0.145. The van der Waals surface area contributed by atoms with Crippen molar-refractivity contribution in [3.05, 3.63) is 46.8 Å². The maximum Gasteiger partial charge on any atom is 0.458 e. The lowest BCUT2D eigenvalue weighted by Gasteiger charge is -2.38. The molecule has 36 heavy (non-hydrogen) atoms. The molecule has 1 saturated carbocycles. The first kappa shape index (κ1) is 26.8. The maximum absolute atomic E-state index is 14.8. The molecule has 1 saturated heterocycles. The van der Waals surface area contributed by atoms with Gasteiger partial charge < -0.3 is 9.47 Å². The van der Waals surface area contributed by atoms with Gasteiger partial charge in [0.25, 0.3) is 0 Å². The van der Waals surface area contributed by atoms with Crippen molar-refractivity contribution in [2.24, 2.45) is 17.8 Å². The highest BCUT2D eigenvalue weighted by Crippen LogP contribution is 2.39. The molecule has 0 unspecified atom stereocenters. The van der Waals surface area contributed by atoms with Gasteiger partial charge in [-0.2, -0.15) is 13.2 Å². The van der Waals surface area contributed by atoms with Gasteiger partial charge in [0.1, 0.15) is 11.6 Å². The predicted molar refractivity (Wildman–Crippen MR) is 124 cm³/mol. The Labute approximate surface area is 207 Å². The molecule has 8 heteroatoms. The summed E-state index contributed by atoms with van der Waals surface area (Å²) in [5.74, 6) is -0.0180. The number of alkyl halides is 3. The highest BCUT2D eigenvalue weighted by atomic mass is 19.4. The van der Waals surface area contributed by atoms with Crippen LogP contribution < -0.4 is 0 Å². The number of ether oxygens (including phenoxy) is 2. The Hall–Kier alpha value is -2.24. The van der Waals surface area contributed by atoms with Crippen molar-refractivity contribution in [3.63, 3.8) is 0 Å². The van der Waals surface area contributed by atoms with E-state index in [1.165, 1.54) is 50.5 Å². The second kappa shape index (κ2) is 11.4. The van der Waals surface area contributed by atoms with Crippen molar-refractivity contribution in [2.75, 3.05) is 13.2 Å². The van der Waals surface area contributed by atoms with Crippen molar-refractivity contribution < 1.29 is 35.8 Å². The van der Waals surface area contributed by atoms with Crippen LogP contribution in [0.25, 0.3) is 10.8 Å². The van der Waals surface area contributed by atoms with Crippen molar-refractivity contribution in [1.82, 2.24) is 0 Å². The molecule has 0 bridgehead atoms. The van der Waals surface area contributed by atoms with Crippen LogP contribution in [0.1, 0.15) is 75.7 Å². The molecule has 0 spiro atoms. The summed E-state index contributed by atoms with van der Waals surface area (Å²) in [4.78, 5) is 0. The molecular formula is C28H30F6O2. The van der Waals surface area contributed by atoms with Crippen LogP contribution in [0.3, 0.4) is 0 Å². The quantitative estimate of drug-likeness (QED) is 0.221. The van der Waals surface area contributed by atoms with Crippen LogP contribution in [-0.4, -0.2) is 19.4 Å². The number of benzene rings is 2. The van der Waals surface area contributed by atoms with E-state index in [0.29, 0.717) is 19.1 Å². The van der Waals surface area contributed by atoms with Crippen LogP contribution in [0.4, 0.5) is 26.3 Å². The summed E-state index contributed by atoms with van der Waals surface area (Å²) in [5.41, 5.74) is -0.870. The fourth-order valence-corrected chi connectivity index (χ4v) is 5.43. The summed E-state index contributed by atoms with van der Waals surface area (Å²) in [6.45, 7) is 3.11. The van der Waals surface area contributed by atoms with Crippen molar-refractivity contribution in [3.8, 4) is 11.8 Å². The maximum atomic E-state index is 14.8. The van der Waals surface area contributed by atoms with Gasteiger partial charge in [0.05, 0.1) is 24.2 Å². The fraction of sp³-hybridized carbons (Fsp3) is 0.571. The average molecular weight is 513 g/mol. The van der Waals surface area contributed by atoms with Gasteiger partial charge in [-0.25, -0.2) is 13.2 Å². The Bertz CT molecular complexity index is 1120. The van der Waals surface area contributed by atoms with Gasteiger partial charge in [-0.15, -0.1) is 0 Å². The Morgan fingerprint density at radius 1 is 0.889 bits per heavy atom. The van der Waals surface area contributed by atoms with Gasteiger partial charge in [0.2, 0.25) is 0 Å². The van der Waals surface area contributed by atoms with Crippen molar-refractivity contribution in [1.29, 1.82) is 0 Å². The first-order valence-corrected chi connectivity index (χ1v) is 12.6. The Morgan fingerprint density at radius 2 is 1.58 bits per heavy atom. The normalized spacial score (nSPS) is 25.0. The molecule has 0 aromatic heterocycles. The Balaban J connectivity index is 1.42. The van der Waals surface area contributed by atoms with Crippen LogP contribution in [0, 0.1) is 47.0 Å². The number of fused-ring (bicyclic) bond motifs is 1. The van der Waals surface area contributed by atoms with E-state index in [4.69, 9.17) is 9.47 Å². The molecule has 2 fully saturated rings. The van der Waals surface area contributed by atoms with Gasteiger partial charge in [0.15, 0.2) is 12.1 Å². The molecule has 1 aliphatic carbocycles. The van der Waals surface area contributed by atoms with E-state index in [2.05, 4.69) is 6.92 Å². The van der Waals surface area contributed by atoms with E-state index in [0.717, 1.165) is 36.8 Å². The van der Waals surface area contributed by atoms with Crippen LogP contribution in [-0.2, 0) is 9.47 Å². The summed E-state index contributed by atoms with van der Waals surface area (Å²) in [6, 6.07) is 3.12. The third kappa shape index (κ3) is 6.36. The minimum Gasteiger partial charge on any atom is -0.348 e. The van der Waals surface area contributed by atoms with Gasteiger partial charge >= 0.3 is 6.18 Å². The van der Waals surface area contributed by atoms with Gasteiger partial charge in [-0.1, -0.05) is 51.4 Å². The third-order valence-corrected chi connectivity index (χ3v) is 7.40. The molecule has 196 valence electrons. The van der Waals surface area contributed by atoms with E-state index >= 15 is 0 Å². The molecule has 0 N–H and O–H groups in total. The standard InChI is InChI=1S/C28H30F6O2/c1-2-3-4-5-17-6-8-18(9-7-17)21-15-35-27(36-16-21)20-12-19-13-23(29)22(10-11-28(32,33)34)26(31)25(19)24(30)14-20/h12-14,17-18,21,27H,2-9,15-16H2,1H3.